The van der Waals surface area contributed by atoms with Gasteiger partial charge >= 0.3 is 6.18 Å². The van der Waals surface area contributed by atoms with Gasteiger partial charge in [0, 0.05) is 6.54 Å². The Bertz CT molecular complexity index is 407. The summed E-state index contributed by atoms with van der Waals surface area (Å²) >= 11 is 0. The van der Waals surface area contributed by atoms with Crippen molar-refractivity contribution in [3.8, 4) is 0 Å². The fraction of sp³-hybridized carbons (Fsp3) is 0.538. The predicted molar refractivity (Wildman–Crippen MR) is 65.5 cm³/mol. The third-order valence-corrected chi connectivity index (χ3v) is 2.89. The summed E-state index contributed by atoms with van der Waals surface area (Å²) in [6.07, 6.45) is -6.74. The van der Waals surface area contributed by atoms with E-state index < -0.39 is 30.1 Å². The number of benzene rings is 1. The zero-order valence-electron chi connectivity index (χ0n) is 10.8. The lowest BCUT2D eigenvalue weighted by atomic mass is 10.0. The van der Waals surface area contributed by atoms with Crippen LogP contribution >= 0.6 is 0 Å². The smallest absolute Gasteiger partial charge is 0.391 e. The molecule has 0 aliphatic rings. The summed E-state index contributed by atoms with van der Waals surface area (Å²) in [6.45, 7) is 3.00. The largest absolute Gasteiger partial charge is 0.416 e. The predicted octanol–water partition coefficient (Wildman–Crippen LogP) is 2.49. The Labute approximate surface area is 110 Å². The Hall–Kier alpha value is -1.11. The summed E-state index contributed by atoms with van der Waals surface area (Å²) in [5.74, 6) is 0. The first-order valence-corrected chi connectivity index (χ1v) is 5.97. The maximum atomic E-state index is 12.9. The second kappa shape index (κ2) is 6.36. The molecule has 0 fully saturated rings. The molecular weight excluding hydrogens is 259 g/mol. The topological polar surface area (TPSA) is 55.5 Å². The van der Waals surface area contributed by atoms with Crippen molar-refractivity contribution in [2.75, 3.05) is 6.54 Å². The van der Waals surface area contributed by atoms with Crippen LogP contribution in [-0.2, 0) is 10.9 Å². The number of nitrogens with two attached hydrogens (primary N) is 1. The van der Waals surface area contributed by atoms with Crippen LogP contribution in [0.1, 0.15) is 31.1 Å². The fourth-order valence-electron chi connectivity index (χ4n) is 1.66. The summed E-state index contributed by atoms with van der Waals surface area (Å²) in [7, 11) is 0. The van der Waals surface area contributed by atoms with E-state index in [4.69, 9.17) is 10.5 Å². The highest BCUT2D eigenvalue weighted by molar-refractivity contribution is 5.31. The molecule has 0 bridgehead atoms. The van der Waals surface area contributed by atoms with Crippen LogP contribution in [0, 0.1) is 0 Å². The first-order valence-electron chi connectivity index (χ1n) is 5.97. The summed E-state index contributed by atoms with van der Waals surface area (Å²) in [6, 6.07) is 5.16. The molecule has 1 aromatic rings. The Balaban J connectivity index is 3.05. The van der Waals surface area contributed by atoms with E-state index in [0.717, 1.165) is 6.07 Å². The molecule has 6 heteroatoms. The van der Waals surface area contributed by atoms with Crippen molar-refractivity contribution in [3.05, 3.63) is 35.4 Å². The summed E-state index contributed by atoms with van der Waals surface area (Å²) < 4.78 is 44.1. The van der Waals surface area contributed by atoms with Gasteiger partial charge in [0.2, 0.25) is 0 Å². The number of ether oxygens (including phenoxy) is 1. The maximum absolute atomic E-state index is 12.9. The molecule has 0 saturated carbocycles. The van der Waals surface area contributed by atoms with E-state index in [1.165, 1.54) is 25.1 Å². The number of aliphatic hydroxyl groups excluding tert-OH is 1. The average Bonchev–Trinajstić information content (AvgIpc) is 2.34. The van der Waals surface area contributed by atoms with Gasteiger partial charge < -0.3 is 15.6 Å². The van der Waals surface area contributed by atoms with Gasteiger partial charge in [0.25, 0.3) is 0 Å². The van der Waals surface area contributed by atoms with Gasteiger partial charge in [-0.05, 0) is 25.5 Å². The Kier molecular flexibility index (Phi) is 5.34. The lowest BCUT2D eigenvalue weighted by molar-refractivity contribution is -0.140. The highest BCUT2D eigenvalue weighted by atomic mass is 19.4. The standard InChI is InChI=1S/C13H18F3NO2/c1-8(18)9(2)19-12(7-17)10-5-3-4-6-11(10)13(14,15)16/h3-6,8-9,12,18H,7,17H2,1-2H3. The molecule has 0 saturated heterocycles. The van der Waals surface area contributed by atoms with Crippen LogP contribution in [0.25, 0.3) is 0 Å². The van der Waals surface area contributed by atoms with Crippen LogP contribution in [0.15, 0.2) is 24.3 Å². The molecule has 0 heterocycles. The number of aliphatic hydroxyl groups is 1. The lowest BCUT2D eigenvalue weighted by Gasteiger charge is -2.25. The SMILES string of the molecule is CC(O)C(C)OC(CN)c1ccccc1C(F)(F)F. The molecule has 1 aromatic carbocycles. The second-order valence-electron chi connectivity index (χ2n) is 4.39. The molecule has 1 rings (SSSR count). The van der Waals surface area contributed by atoms with Crippen molar-refractivity contribution in [1.29, 1.82) is 0 Å². The van der Waals surface area contributed by atoms with Gasteiger partial charge in [-0.2, -0.15) is 13.2 Å². The van der Waals surface area contributed by atoms with E-state index in [9.17, 15) is 18.3 Å². The van der Waals surface area contributed by atoms with Gasteiger partial charge in [-0.15, -0.1) is 0 Å². The fourth-order valence-corrected chi connectivity index (χ4v) is 1.66. The molecule has 0 aliphatic carbocycles. The minimum Gasteiger partial charge on any atom is -0.391 e. The van der Waals surface area contributed by atoms with Crippen LogP contribution in [0.2, 0.25) is 0 Å². The van der Waals surface area contributed by atoms with E-state index in [-0.39, 0.29) is 12.1 Å². The van der Waals surface area contributed by atoms with E-state index in [2.05, 4.69) is 0 Å². The molecule has 3 nitrogen and oxygen atoms in total. The minimum atomic E-state index is -4.46. The Morgan fingerprint density at radius 2 is 1.84 bits per heavy atom. The molecule has 19 heavy (non-hydrogen) atoms. The summed E-state index contributed by atoms with van der Waals surface area (Å²) in [5, 5.41) is 9.35. The van der Waals surface area contributed by atoms with Gasteiger partial charge in [-0.3, -0.25) is 0 Å². The van der Waals surface area contributed by atoms with Crippen molar-refractivity contribution < 1.29 is 23.0 Å². The average molecular weight is 277 g/mol. The van der Waals surface area contributed by atoms with Crippen LogP contribution in [-0.4, -0.2) is 23.9 Å². The third kappa shape index (κ3) is 4.19. The van der Waals surface area contributed by atoms with Crippen molar-refractivity contribution >= 4 is 0 Å². The van der Waals surface area contributed by atoms with E-state index in [1.54, 1.807) is 6.92 Å². The van der Waals surface area contributed by atoms with E-state index in [0.29, 0.717) is 0 Å². The Morgan fingerprint density at radius 3 is 2.32 bits per heavy atom. The van der Waals surface area contributed by atoms with Crippen molar-refractivity contribution in [3.63, 3.8) is 0 Å². The van der Waals surface area contributed by atoms with Gasteiger partial charge in [-0.1, -0.05) is 18.2 Å². The molecule has 108 valence electrons. The molecule has 0 amide bonds. The second-order valence-corrected chi connectivity index (χ2v) is 4.39. The van der Waals surface area contributed by atoms with Crippen molar-refractivity contribution in [2.45, 2.75) is 38.3 Å². The zero-order chi connectivity index (χ0) is 14.6. The van der Waals surface area contributed by atoms with Gasteiger partial charge in [0.05, 0.1) is 23.9 Å². The van der Waals surface area contributed by atoms with Crippen LogP contribution in [0.3, 0.4) is 0 Å². The highest BCUT2D eigenvalue weighted by Gasteiger charge is 2.35. The summed E-state index contributed by atoms with van der Waals surface area (Å²) in [4.78, 5) is 0. The molecule has 0 aliphatic heterocycles. The summed E-state index contributed by atoms with van der Waals surface area (Å²) in [5.41, 5.74) is 4.72. The molecule has 0 radical (unpaired) electrons. The number of hydrogen-bond donors (Lipinski definition) is 2. The molecular formula is C13H18F3NO2. The van der Waals surface area contributed by atoms with Crippen LogP contribution in [0.5, 0.6) is 0 Å². The normalized spacial score (nSPS) is 17.0. The van der Waals surface area contributed by atoms with Gasteiger partial charge in [0.1, 0.15) is 0 Å². The number of rotatable bonds is 5. The van der Waals surface area contributed by atoms with Gasteiger partial charge in [0.15, 0.2) is 0 Å². The first kappa shape index (κ1) is 15.9. The molecule has 3 N–H and O–H groups in total. The monoisotopic (exact) mass is 277 g/mol. The first-order chi connectivity index (χ1) is 8.77. The minimum absolute atomic E-state index is 0.00926. The lowest BCUT2D eigenvalue weighted by Crippen LogP contribution is -2.29. The quantitative estimate of drug-likeness (QED) is 0.869. The van der Waals surface area contributed by atoms with Crippen molar-refractivity contribution in [2.24, 2.45) is 5.73 Å². The highest BCUT2D eigenvalue weighted by Crippen LogP contribution is 2.35. The third-order valence-electron chi connectivity index (χ3n) is 2.89. The number of alkyl halides is 3. The van der Waals surface area contributed by atoms with E-state index >= 15 is 0 Å². The molecule has 3 atom stereocenters. The maximum Gasteiger partial charge on any atom is 0.416 e. The number of hydrogen-bond acceptors (Lipinski definition) is 3. The Morgan fingerprint density at radius 1 is 1.26 bits per heavy atom. The molecule has 3 unspecified atom stereocenters. The van der Waals surface area contributed by atoms with Crippen LogP contribution < -0.4 is 5.73 Å². The van der Waals surface area contributed by atoms with Crippen LogP contribution in [0.4, 0.5) is 13.2 Å². The van der Waals surface area contributed by atoms with Gasteiger partial charge in [-0.25, -0.2) is 0 Å². The van der Waals surface area contributed by atoms with E-state index in [1.807, 2.05) is 0 Å². The number of halogens is 3. The molecule has 0 spiro atoms. The molecule has 0 aromatic heterocycles. The van der Waals surface area contributed by atoms with Crippen molar-refractivity contribution in [1.82, 2.24) is 0 Å². The zero-order valence-corrected chi connectivity index (χ0v) is 10.8.